The number of aromatic nitrogens is 2. The second kappa shape index (κ2) is 8.17. The van der Waals surface area contributed by atoms with E-state index in [9.17, 15) is 4.79 Å². The molecule has 3 aromatic rings. The minimum atomic E-state index is 0.225. The van der Waals surface area contributed by atoms with Gasteiger partial charge in [-0.1, -0.05) is 12.1 Å². The van der Waals surface area contributed by atoms with Gasteiger partial charge in [0.05, 0.1) is 17.7 Å². The molecule has 1 fully saturated rings. The summed E-state index contributed by atoms with van der Waals surface area (Å²) in [5.41, 5.74) is 6.10. The lowest BCUT2D eigenvalue weighted by molar-refractivity contribution is -0.116. The lowest BCUT2D eigenvalue weighted by Gasteiger charge is -2.32. The molecular weight excluding hydrogens is 362 g/mol. The maximum Gasteiger partial charge on any atom is 0.215 e. The van der Waals surface area contributed by atoms with Crippen LogP contribution < -0.4 is 0 Å². The van der Waals surface area contributed by atoms with Crippen molar-refractivity contribution in [2.24, 2.45) is 4.99 Å². The van der Waals surface area contributed by atoms with Crippen LogP contribution in [0.4, 0.5) is 5.69 Å². The van der Waals surface area contributed by atoms with Crippen LogP contribution in [-0.4, -0.2) is 58.1 Å². The van der Waals surface area contributed by atoms with Gasteiger partial charge >= 0.3 is 0 Å². The summed E-state index contributed by atoms with van der Waals surface area (Å²) < 4.78 is 2.04. The van der Waals surface area contributed by atoms with Crippen LogP contribution in [0.2, 0.25) is 0 Å². The highest BCUT2D eigenvalue weighted by molar-refractivity contribution is 5.77. The summed E-state index contributed by atoms with van der Waals surface area (Å²) >= 11 is 0. The van der Waals surface area contributed by atoms with E-state index in [1.807, 2.05) is 30.5 Å². The molecule has 1 aromatic carbocycles. The third kappa shape index (κ3) is 4.22. The highest BCUT2D eigenvalue weighted by atomic mass is 16.1. The van der Waals surface area contributed by atoms with Gasteiger partial charge in [0, 0.05) is 18.4 Å². The number of hydrogen-bond donors (Lipinski definition) is 0. The average Bonchev–Trinajstić information content (AvgIpc) is 3.10. The van der Waals surface area contributed by atoms with Crippen LogP contribution in [0.5, 0.6) is 0 Å². The molecule has 150 valence electrons. The molecule has 1 saturated heterocycles. The molecule has 4 rings (SSSR count). The Morgan fingerprint density at radius 2 is 1.86 bits per heavy atom. The third-order valence-electron chi connectivity index (χ3n) is 5.68. The fraction of sp³-hybridized carbons (Fsp3) is 0.348. The predicted octanol–water partition coefficient (Wildman–Crippen LogP) is 3.83. The van der Waals surface area contributed by atoms with Crippen molar-refractivity contribution in [3.05, 3.63) is 54.0 Å². The zero-order chi connectivity index (χ0) is 20.4. The molecule has 0 aliphatic carbocycles. The molecule has 3 heterocycles. The summed E-state index contributed by atoms with van der Waals surface area (Å²) in [4.78, 5) is 24.8. The van der Waals surface area contributed by atoms with E-state index in [4.69, 9.17) is 0 Å². The quantitative estimate of drug-likeness (QED) is 0.379. The van der Waals surface area contributed by atoms with Gasteiger partial charge in [-0.2, -0.15) is 0 Å². The van der Waals surface area contributed by atoms with Crippen molar-refractivity contribution < 1.29 is 4.79 Å². The molecular formula is C23H27N5O. The number of aliphatic imine (C=N–C) groups is 1. The molecule has 1 aliphatic heterocycles. The van der Waals surface area contributed by atoms with Crippen molar-refractivity contribution in [2.45, 2.75) is 32.7 Å². The first-order valence-corrected chi connectivity index (χ1v) is 10.1. The highest BCUT2D eigenvalue weighted by Gasteiger charge is 2.21. The Balaban J connectivity index is 1.58. The maximum atomic E-state index is 11.6. The van der Waals surface area contributed by atoms with Gasteiger partial charge in [0.15, 0.2) is 0 Å². The van der Waals surface area contributed by atoms with Crippen molar-refractivity contribution in [1.29, 1.82) is 0 Å². The van der Waals surface area contributed by atoms with Crippen molar-refractivity contribution >= 4 is 24.1 Å². The monoisotopic (exact) mass is 389 g/mol. The van der Waals surface area contributed by atoms with Gasteiger partial charge in [-0.05, 0) is 81.7 Å². The Morgan fingerprint density at radius 1 is 1.10 bits per heavy atom. The first-order valence-electron chi connectivity index (χ1n) is 10.1. The molecule has 0 bridgehead atoms. The molecule has 0 unspecified atom stereocenters. The fourth-order valence-corrected chi connectivity index (χ4v) is 3.85. The smallest absolute Gasteiger partial charge is 0.215 e. The standard InChI is InChI=1S/C23H27N5O/c1-17-4-5-19(20-6-7-23-25-18(2)13-27(23)14-20)12-22(17)24-15-28(16-29)21-8-10-26(3)11-9-21/h4-7,12-16,21H,8-11H2,1-3H3/b24-15-. The number of hydrogen-bond acceptors (Lipinski definition) is 4. The van der Waals surface area contributed by atoms with Crippen molar-refractivity contribution in [3.8, 4) is 11.1 Å². The van der Waals surface area contributed by atoms with Gasteiger partial charge in [-0.3, -0.25) is 4.79 Å². The van der Waals surface area contributed by atoms with Gasteiger partial charge in [-0.25, -0.2) is 9.98 Å². The number of piperidine rings is 1. The van der Waals surface area contributed by atoms with Crippen molar-refractivity contribution in [3.63, 3.8) is 0 Å². The van der Waals surface area contributed by atoms with Crippen molar-refractivity contribution in [1.82, 2.24) is 19.2 Å². The van der Waals surface area contributed by atoms with E-state index in [0.717, 1.165) is 66.1 Å². The second-order valence-electron chi connectivity index (χ2n) is 7.90. The number of imidazole rings is 1. The fourth-order valence-electron chi connectivity index (χ4n) is 3.85. The summed E-state index contributed by atoms with van der Waals surface area (Å²) in [7, 11) is 2.12. The van der Waals surface area contributed by atoms with E-state index in [-0.39, 0.29) is 6.04 Å². The van der Waals surface area contributed by atoms with Gasteiger partial charge in [0.25, 0.3) is 0 Å². The Kier molecular flexibility index (Phi) is 5.45. The molecule has 29 heavy (non-hydrogen) atoms. The molecule has 0 spiro atoms. The number of benzene rings is 1. The van der Waals surface area contributed by atoms with E-state index in [2.05, 4.69) is 52.4 Å². The summed E-state index contributed by atoms with van der Waals surface area (Å²) in [5.74, 6) is 0. The Hall–Kier alpha value is -2.99. The van der Waals surface area contributed by atoms with Gasteiger partial charge in [0.1, 0.15) is 5.65 Å². The molecule has 2 aromatic heterocycles. The van der Waals surface area contributed by atoms with Crippen LogP contribution in [-0.2, 0) is 4.79 Å². The largest absolute Gasteiger partial charge is 0.306 e. The van der Waals surface area contributed by atoms with E-state index in [1.54, 1.807) is 11.2 Å². The number of carbonyl (C=O) groups is 1. The first kappa shape index (κ1) is 19.3. The molecule has 6 nitrogen and oxygen atoms in total. The minimum Gasteiger partial charge on any atom is -0.306 e. The molecule has 0 saturated carbocycles. The maximum absolute atomic E-state index is 11.6. The van der Waals surface area contributed by atoms with Gasteiger partial charge in [-0.15, -0.1) is 0 Å². The van der Waals surface area contributed by atoms with E-state index in [1.165, 1.54) is 0 Å². The molecule has 1 aliphatic rings. The predicted molar refractivity (Wildman–Crippen MR) is 117 cm³/mol. The number of nitrogens with zero attached hydrogens (tertiary/aromatic N) is 5. The Morgan fingerprint density at radius 3 is 2.62 bits per heavy atom. The van der Waals surface area contributed by atoms with Crippen molar-refractivity contribution in [2.75, 3.05) is 20.1 Å². The summed E-state index contributed by atoms with van der Waals surface area (Å²) in [6.45, 7) is 6.05. The van der Waals surface area contributed by atoms with Crippen LogP contribution in [0.3, 0.4) is 0 Å². The van der Waals surface area contributed by atoms with Gasteiger partial charge in [0.2, 0.25) is 6.41 Å². The van der Waals surface area contributed by atoms with E-state index >= 15 is 0 Å². The number of pyridine rings is 1. The molecule has 0 N–H and O–H groups in total. The number of amides is 1. The third-order valence-corrected chi connectivity index (χ3v) is 5.68. The minimum absolute atomic E-state index is 0.225. The molecule has 0 radical (unpaired) electrons. The van der Waals surface area contributed by atoms with Crippen LogP contribution in [0.25, 0.3) is 16.8 Å². The average molecular weight is 390 g/mol. The Labute approximate surface area is 171 Å². The first-order chi connectivity index (χ1) is 14.0. The van der Waals surface area contributed by atoms with Crippen LogP contribution >= 0.6 is 0 Å². The lowest BCUT2D eigenvalue weighted by Crippen LogP contribution is -2.42. The van der Waals surface area contributed by atoms with Gasteiger partial charge < -0.3 is 14.2 Å². The normalized spacial score (nSPS) is 16.0. The Bertz CT molecular complexity index is 1050. The summed E-state index contributed by atoms with van der Waals surface area (Å²) in [6.07, 6.45) is 8.65. The molecule has 0 atom stereocenters. The van der Waals surface area contributed by atoms with Crippen LogP contribution in [0.15, 0.2) is 47.7 Å². The molecule has 1 amide bonds. The number of fused-ring (bicyclic) bond motifs is 1. The number of aryl methyl sites for hydroxylation is 2. The summed E-state index contributed by atoms with van der Waals surface area (Å²) in [6, 6.07) is 10.6. The second-order valence-corrected chi connectivity index (χ2v) is 7.90. The van der Waals surface area contributed by atoms with Crippen LogP contribution in [0.1, 0.15) is 24.1 Å². The SMILES string of the molecule is Cc1cn2cc(-c3ccc(C)c(/N=C\N(C=O)C4CCN(C)CC4)c3)ccc2n1. The molecule has 6 heteroatoms. The number of carbonyl (C=O) groups excluding carboxylic acids is 1. The zero-order valence-electron chi connectivity index (χ0n) is 17.2. The van der Waals surface area contributed by atoms with E-state index in [0.29, 0.717) is 0 Å². The van der Waals surface area contributed by atoms with E-state index < -0.39 is 0 Å². The van der Waals surface area contributed by atoms with Crippen LogP contribution in [0, 0.1) is 13.8 Å². The highest BCUT2D eigenvalue weighted by Crippen LogP contribution is 2.28. The number of likely N-dealkylation sites (tertiary alicyclic amines) is 1. The topological polar surface area (TPSA) is 53.2 Å². The zero-order valence-corrected chi connectivity index (χ0v) is 17.2. The number of rotatable bonds is 5. The lowest BCUT2D eigenvalue weighted by atomic mass is 10.0. The summed E-state index contributed by atoms with van der Waals surface area (Å²) in [5, 5.41) is 0.